The number of carboxylic acids is 2. The first-order valence-electron chi connectivity index (χ1n) is 10.8. The summed E-state index contributed by atoms with van der Waals surface area (Å²) in [7, 11) is 0. The Morgan fingerprint density at radius 3 is 2.03 bits per heavy atom. The lowest BCUT2D eigenvalue weighted by Gasteiger charge is -2.26. The molecule has 0 aromatic heterocycles. The van der Waals surface area contributed by atoms with Crippen LogP contribution < -0.4 is 21.7 Å². The molecule has 34 heavy (non-hydrogen) atoms. The zero-order valence-electron chi connectivity index (χ0n) is 19.1. The maximum absolute atomic E-state index is 13.0. The first-order chi connectivity index (χ1) is 16.0. The third-order valence-electron chi connectivity index (χ3n) is 5.27. The molecule has 0 fully saturated rings. The van der Waals surface area contributed by atoms with Gasteiger partial charge in [0.05, 0.1) is 6.54 Å². The molecule has 0 spiro atoms. The minimum Gasteiger partial charge on any atom is -0.508 e. The van der Waals surface area contributed by atoms with Gasteiger partial charge in [0.2, 0.25) is 17.7 Å². The van der Waals surface area contributed by atoms with E-state index >= 15 is 0 Å². The van der Waals surface area contributed by atoms with E-state index in [1.807, 2.05) is 0 Å². The van der Waals surface area contributed by atoms with Crippen molar-refractivity contribution in [2.45, 2.75) is 57.7 Å². The maximum atomic E-state index is 13.0. The highest BCUT2D eigenvalue weighted by Crippen LogP contribution is 2.13. The molecule has 0 aliphatic rings. The molecule has 188 valence electrons. The number of rotatable bonds is 14. The molecule has 0 radical (unpaired) electrons. The molecule has 1 rings (SSSR count). The van der Waals surface area contributed by atoms with Crippen molar-refractivity contribution in [1.29, 1.82) is 0 Å². The standard InChI is InChI=1S/C22H32N4O8/c1-3-12(2)19(22(33)34)26-21(32)16(10-13-4-6-14(27)7-5-13)25-20(31)15(8-9-18(29)30)24-17(28)11-23/h4-7,12,15-16,19,27H,3,8-11,23H2,1-2H3,(H,24,28)(H,25,31)(H,26,32)(H,29,30)(H,33,34). The number of aliphatic carboxylic acids is 2. The Morgan fingerprint density at radius 1 is 0.941 bits per heavy atom. The molecule has 3 amide bonds. The molecule has 0 saturated heterocycles. The van der Waals surface area contributed by atoms with Crippen LogP contribution in [0.3, 0.4) is 0 Å². The van der Waals surface area contributed by atoms with Crippen LogP contribution in [0.1, 0.15) is 38.7 Å². The number of carbonyl (C=O) groups excluding carboxylic acids is 3. The van der Waals surface area contributed by atoms with Crippen LogP contribution in [0.5, 0.6) is 5.75 Å². The van der Waals surface area contributed by atoms with Crippen LogP contribution in [0, 0.1) is 5.92 Å². The van der Waals surface area contributed by atoms with Crippen LogP contribution in [0.2, 0.25) is 0 Å². The quantitative estimate of drug-likeness (QED) is 0.180. The van der Waals surface area contributed by atoms with Crippen LogP contribution in [-0.4, -0.2) is 69.7 Å². The molecule has 4 atom stereocenters. The summed E-state index contributed by atoms with van der Waals surface area (Å²) in [6.45, 7) is 3.01. The van der Waals surface area contributed by atoms with Gasteiger partial charge in [0.1, 0.15) is 23.9 Å². The van der Waals surface area contributed by atoms with Crippen molar-refractivity contribution in [2.24, 2.45) is 11.7 Å². The van der Waals surface area contributed by atoms with E-state index in [9.17, 15) is 34.2 Å². The van der Waals surface area contributed by atoms with Gasteiger partial charge in [-0.05, 0) is 30.0 Å². The summed E-state index contributed by atoms with van der Waals surface area (Å²) < 4.78 is 0. The van der Waals surface area contributed by atoms with E-state index in [-0.39, 0.29) is 18.6 Å². The average Bonchev–Trinajstić information content (AvgIpc) is 2.79. The molecule has 1 aromatic carbocycles. The molecule has 8 N–H and O–H groups in total. The Kier molecular flexibility index (Phi) is 11.5. The number of phenolic OH excluding ortho intramolecular Hbond substituents is 1. The molecule has 0 bridgehead atoms. The lowest BCUT2D eigenvalue weighted by Crippen LogP contribution is -2.57. The topological polar surface area (TPSA) is 208 Å². The van der Waals surface area contributed by atoms with Crippen LogP contribution in [0.4, 0.5) is 0 Å². The second kappa shape index (κ2) is 13.8. The summed E-state index contributed by atoms with van der Waals surface area (Å²) in [5.41, 5.74) is 5.82. The molecular weight excluding hydrogens is 448 g/mol. The summed E-state index contributed by atoms with van der Waals surface area (Å²) in [6.07, 6.45) is -0.242. The zero-order valence-corrected chi connectivity index (χ0v) is 19.1. The maximum Gasteiger partial charge on any atom is 0.326 e. The molecule has 0 aliphatic carbocycles. The van der Waals surface area contributed by atoms with Crippen LogP contribution in [0.25, 0.3) is 0 Å². The van der Waals surface area contributed by atoms with E-state index < -0.39 is 66.7 Å². The number of hydrogen-bond acceptors (Lipinski definition) is 7. The van der Waals surface area contributed by atoms with Crippen molar-refractivity contribution in [3.05, 3.63) is 29.8 Å². The molecule has 0 saturated carbocycles. The van der Waals surface area contributed by atoms with Gasteiger partial charge in [-0.1, -0.05) is 32.4 Å². The number of aromatic hydroxyl groups is 1. The third-order valence-corrected chi connectivity index (χ3v) is 5.27. The average molecular weight is 481 g/mol. The van der Waals surface area contributed by atoms with Gasteiger partial charge in [-0.2, -0.15) is 0 Å². The van der Waals surface area contributed by atoms with E-state index in [0.29, 0.717) is 12.0 Å². The number of amides is 3. The Morgan fingerprint density at radius 2 is 1.53 bits per heavy atom. The Hall–Kier alpha value is -3.67. The third kappa shape index (κ3) is 9.45. The number of carboxylic acid groups (broad SMARTS) is 2. The van der Waals surface area contributed by atoms with Gasteiger partial charge in [0.15, 0.2) is 0 Å². The van der Waals surface area contributed by atoms with Gasteiger partial charge in [-0.25, -0.2) is 4.79 Å². The lowest BCUT2D eigenvalue weighted by atomic mass is 9.98. The number of phenols is 1. The van der Waals surface area contributed by atoms with Crippen molar-refractivity contribution in [2.75, 3.05) is 6.54 Å². The van der Waals surface area contributed by atoms with Gasteiger partial charge < -0.3 is 37.0 Å². The zero-order chi connectivity index (χ0) is 25.8. The highest BCUT2D eigenvalue weighted by Gasteiger charge is 2.31. The van der Waals surface area contributed by atoms with Gasteiger partial charge in [-0.15, -0.1) is 0 Å². The largest absolute Gasteiger partial charge is 0.508 e. The van der Waals surface area contributed by atoms with Crippen molar-refractivity contribution >= 4 is 29.7 Å². The van der Waals surface area contributed by atoms with Gasteiger partial charge >= 0.3 is 11.9 Å². The van der Waals surface area contributed by atoms with Crippen molar-refractivity contribution in [3.8, 4) is 5.75 Å². The summed E-state index contributed by atoms with van der Waals surface area (Å²) in [4.78, 5) is 60.2. The number of nitrogens with two attached hydrogens (primary N) is 1. The Balaban J connectivity index is 3.15. The molecule has 0 heterocycles. The fraction of sp³-hybridized carbons (Fsp3) is 0.500. The van der Waals surface area contributed by atoms with Crippen molar-refractivity contribution in [3.63, 3.8) is 0 Å². The van der Waals surface area contributed by atoms with Crippen molar-refractivity contribution < 1.29 is 39.3 Å². The first-order valence-corrected chi connectivity index (χ1v) is 10.8. The highest BCUT2D eigenvalue weighted by atomic mass is 16.4. The van der Waals surface area contributed by atoms with E-state index in [2.05, 4.69) is 16.0 Å². The van der Waals surface area contributed by atoms with E-state index in [1.165, 1.54) is 24.3 Å². The van der Waals surface area contributed by atoms with Gasteiger partial charge in [-0.3, -0.25) is 19.2 Å². The summed E-state index contributed by atoms with van der Waals surface area (Å²) >= 11 is 0. The molecule has 4 unspecified atom stereocenters. The van der Waals surface area contributed by atoms with E-state index in [0.717, 1.165) is 0 Å². The molecular formula is C22H32N4O8. The normalized spacial score (nSPS) is 14.2. The molecule has 0 aliphatic heterocycles. The van der Waals surface area contributed by atoms with Crippen molar-refractivity contribution in [1.82, 2.24) is 16.0 Å². The van der Waals surface area contributed by atoms with Gasteiger partial charge in [0.25, 0.3) is 0 Å². The van der Waals surface area contributed by atoms with E-state index in [1.54, 1.807) is 13.8 Å². The smallest absolute Gasteiger partial charge is 0.326 e. The molecule has 12 heteroatoms. The first kappa shape index (κ1) is 28.4. The SMILES string of the molecule is CCC(C)C(NC(=O)C(Cc1ccc(O)cc1)NC(=O)C(CCC(=O)O)NC(=O)CN)C(=O)O. The lowest BCUT2D eigenvalue weighted by molar-refractivity contribution is -0.143. The Bertz CT molecular complexity index is 874. The highest BCUT2D eigenvalue weighted by molar-refractivity contribution is 5.94. The van der Waals surface area contributed by atoms with E-state index in [4.69, 9.17) is 10.8 Å². The second-order valence-electron chi connectivity index (χ2n) is 7.90. The number of hydrogen-bond donors (Lipinski definition) is 7. The summed E-state index contributed by atoms with van der Waals surface area (Å²) in [5, 5.41) is 35.2. The second-order valence-corrected chi connectivity index (χ2v) is 7.90. The van der Waals surface area contributed by atoms with Crippen LogP contribution >= 0.6 is 0 Å². The van der Waals surface area contributed by atoms with Gasteiger partial charge in [0, 0.05) is 12.8 Å². The predicted molar refractivity (Wildman–Crippen MR) is 121 cm³/mol. The fourth-order valence-corrected chi connectivity index (χ4v) is 3.08. The number of benzene rings is 1. The monoisotopic (exact) mass is 480 g/mol. The predicted octanol–water partition coefficient (Wildman–Crippen LogP) is -0.657. The number of nitrogens with one attached hydrogen (secondary N) is 3. The minimum atomic E-state index is -1.27. The fourth-order valence-electron chi connectivity index (χ4n) is 3.08. The summed E-state index contributed by atoms with van der Waals surface area (Å²) in [5.74, 6) is -5.09. The minimum absolute atomic E-state index is 0.00488. The Labute approximate surface area is 196 Å². The summed E-state index contributed by atoms with van der Waals surface area (Å²) in [6, 6.07) is 2.13. The van der Waals surface area contributed by atoms with Crippen LogP contribution in [-0.2, 0) is 30.4 Å². The van der Waals surface area contributed by atoms with Crippen LogP contribution in [0.15, 0.2) is 24.3 Å². The molecule has 12 nitrogen and oxygen atoms in total. The number of carbonyl (C=O) groups is 5. The molecule has 1 aromatic rings.